The van der Waals surface area contributed by atoms with Crippen molar-refractivity contribution in [3.8, 4) is 11.8 Å². The predicted molar refractivity (Wildman–Crippen MR) is 95.9 cm³/mol. The van der Waals surface area contributed by atoms with Crippen molar-refractivity contribution in [2.24, 2.45) is 0 Å². The Hall–Kier alpha value is -1.62. The summed E-state index contributed by atoms with van der Waals surface area (Å²) in [6.07, 6.45) is 1.99. The average molecular weight is 361 g/mol. The van der Waals surface area contributed by atoms with Crippen molar-refractivity contribution < 1.29 is 23.2 Å². The number of halogens is 1. The summed E-state index contributed by atoms with van der Waals surface area (Å²) < 4.78 is 37.9. The summed E-state index contributed by atoms with van der Waals surface area (Å²) in [5.41, 5.74) is -0.365. The van der Waals surface area contributed by atoms with Crippen molar-refractivity contribution in [2.45, 2.75) is 64.3 Å². The van der Waals surface area contributed by atoms with E-state index in [-0.39, 0.29) is 17.4 Å². The van der Waals surface area contributed by atoms with Crippen LogP contribution in [0, 0.1) is 17.1 Å². The normalized spacial score (nSPS) is 25.9. The Balaban J connectivity index is 1.87. The van der Waals surface area contributed by atoms with Gasteiger partial charge in [-0.3, -0.25) is 0 Å². The SMILES string of the molecule is CCC1(C)OB(c2cc(F)c(OC3CCOCC3)c(C#N)c2)OC1(C)C. The molecule has 0 amide bonds. The first kappa shape index (κ1) is 19.2. The predicted octanol–water partition coefficient (Wildman–Crippen LogP) is 2.94. The van der Waals surface area contributed by atoms with Crippen LogP contribution in [0.5, 0.6) is 5.75 Å². The van der Waals surface area contributed by atoms with E-state index in [0.29, 0.717) is 31.5 Å². The van der Waals surface area contributed by atoms with Crippen LogP contribution in [-0.2, 0) is 14.0 Å². The van der Waals surface area contributed by atoms with Gasteiger partial charge in [0.1, 0.15) is 12.2 Å². The second kappa shape index (κ2) is 7.18. The number of nitrogens with zero attached hydrogens (tertiary/aromatic N) is 1. The first-order valence-corrected chi connectivity index (χ1v) is 9.13. The van der Waals surface area contributed by atoms with Crippen LogP contribution in [0.2, 0.25) is 0 Å². The van der Waals surface area contributed by atoms with E-state index in [1.54, 1.807) is 6.07 Å². The van der Waals surface area contributed by atoms with Gasteiger partial charge in [-0.15, -0.1) is 0 Å². The molecule has 0 N–H and O–H groups in total. The minimum atomic E-state index is -0.714. The Morgan fingerprint density at radius 2 is 1.96 bits per heavy atom. The number of benzene rings is 1. The first-order valence-electron chi connectivity index (χ1n) is 9.13. The molecule has 1 aromatic rings. The molecule has 2 saturated heterocycles. The molecule has 2 aliphatic heterocycles. The van der Waals surface area contributed by atoms with Crippen LogP contribution >= 0.6 is 0 Å². The first-order chi connectivity index (χ1) is 12.3. The Kier molecular flexibility index (Phi) is 5.29. The quantitative estimate of drug-likeness (QED) is 0.772. The Morgan fingerprint density at radius 1 is 1.27 bits per heavy atom. The van der Waals surface area contributed by atoms with Gasteiger partial charge in [-0.25, -0.2) is 4.39 Å². The number of hydrogen-bond acceptors (Lipinski definition) is 5. The topological polar surface area (TPSA) is 60.7 Å². The zero-order valence-corrected chi connectivity index (χ0v) is 15.8. The summed E-state index contributed by atoms with van der Waals surface area (Å²) in [4.78, 5) is 0. The highest BCUT2D eigenvalue weighted by molar-refractivity contribution is 6.62. The van der Waals surface area contributed by atoms with Crippen molar-refractivity contribution in [1.82, 2.24) is 0 Å². The fourth-order valence-electron chi connectivity index (χ4n) is 3.35. The third kappa shape index (κ3) is 3.46. The summed E-state index contributed by atoms with van der Waals surface area (Å²) in [6.45, 7) is 9.10. The van der Waals surface area contributed by atoms with Gasteiger partial charge in [0, 0.05) is 12.8 Å². The van der Waals surface area contributed by atoms with Crippen LogP contribution in [0.15, 0.2) is 12.1 Å². The molecule has 3 rings (SSSR count). The molecule has 0 radical (unpaired) electrons. The van der Waals surface area contributed by atoms with Crippen LogP contribution in [-0.4, -0.2) is 37.6 Å². The maximum Gasteiger partial charge on any atom is 0.494 e. The monoisotopic (exact) mass is 361 g/mol. The van der Waals surface area contributed by atoms with Gasteiger partial charge >= 0.3 is 7.12 Å². The highest BCUT2D eigenvalue weighted by atomic mass is 19.1. The minimum Gasteiger partial charge on any atom is -0.486 e. The Bertz CT molecular complexity index is 714. The molecule has 2 fully saturated rings. The van der Waals surface area contributed by atoms with E-state index >= 15 is 0 Å². The molecular weight excluding hydrogens is 336 g/mol. The molecule has 7 heteroatoms. The van der Waals surface area contributed by atoms with E-state index < -0.39 is 24.1 Å². The molecule has 140 valence electrons. The van der Waals surface area contributed by atoms with Crippen molar-refractivity contribution in [2.75, 3.05) is 13.2 Å². The van der Waals surface area contributed by atoms with E-state index in [4.69, 9.17) is 18.8 Å². The van der Waals surface area contributed by atoms with E-state index in [1.165, 1.54) is 6.07 Å². The minimum absolute atomic E-state index is 0.00124. The van der Waals surface area contributed by atoms with Crippen molar-refractivity contribution in [3.05, 3.63) is 23.5 Å². The molecule has 0 aromatic heterocycles. The highest BCUT2D eigenvalue weighted by Gasteiger charge is 2.53. The highest BCUT2D eigenvalue weighted by Crippen LogP contribution is 2.39. The molecule has 0 aliphatic carbocycles. The lowest BCUT2D eigenvalue weighted by molar-refractivity contribution is -0.0118. The van der Waals surface area contributed by atoms with E-state index in [9.17, 15) is 9.65 Å². The lowest BCUT2D eigenvalue weighted by atomic mass is 9.78. The van der Waals surface area contributed by atoms with Gasteiger partial charge in [0.05, 0.1) is 30.0 Å². The molecule has 26 heavy (non-hydrogen) atoms. The number of rotatable bonds is 4. The molecule has 0 spiro atoms. The Morgan fingerprint density at radius 3 is 2.54 bits per heavy atom. The van der Waals surface area contributed by atoms with E-state index in [0.717, 1.165) is 6.42 Å². The molecule has 0 bridgehead atoms. The lowest BCUT2D eigenvalue weighted by Crippen LogP contribution is -2.44. The largest absolute Gasteiger partial charge is 0.494 e. The molecule has 2 aliphatic rings. The molecule has 0 saturated carbocycles. The van der Waals surface area contributed by atoms with E-state index in [1.807, 2.05) is 33.8 Å². The molecular formula is C19H25BFNO4. The van der Waals surface area contributed by atoms with Crippen LogP contribution in [0.3, 0.4) is 0 Å². The van der Waals surface area contributed by atoms with Gasteiger partial charge in [0.15, 0.2) is 11.6 Å². The number of hydrogen-bond donors (Lipinski definition) is 0. The standard InChI is InChI=1S/C19H25BFNO4/c1-5-19(4)18(2,3)25-20(26-19)14-10-13(12-22)17(16(21)11-14)24-15-6-8-23-9-7-15/h10-11,15H,5-9H2,1-4H3. The number of nitriles is 1. The van der Waals surface area contributed by atoms with Crippen molar-refractivity contribution in [1.29, 1.82) is 5.26 Å². The number of ether oxygens (including phenoxy) is 2. The maximum absolute atomic E-state index is 14.8. The fourth-order valence-corrected chi connectivity index (χ4v) is 3.35. The summed E-state index contributed by atoms with van der Waals surface area (Å²) in [5, 5.41) is 9.49. The zero-order valence-electron chi connectivity index (χ0n) is 15.8. The zero-order chi connectivity index (χ0) is 18.9. The van der Waals surface area contributed by atoms with Gasteiger partial charge < -0.3 is 18.8 Å². The van der Waals surface area contributed by atoms with Crippen LogP contribution in [0.1, 0.15) is 52.5 Å². The summed E-state index contributed by atoms with van der Waals surface area (Å²) in [5.74, 6) is -0.570. The van der Waals surface area contributed by atoms with Gasteiger partial charge in [0.2, 0.25) is 0 Å². The Labute approximate surface area is 154 Å². The van der Waals surface area contributed by atoms with E-state index in [2.05, 4.69) is 0 Å². The van der Waals surface area contributed by atoms with Crippen LogP contribution < -0.4 is 10.2 Å². The summed E-state index contributed by atoms with van der Waals surface area (Å²) >= 11 is 0. The van der Waals surface area contributed by atoms with Crippen molar-refractivity contribution in [3.63, 3.8) is 0 Å². The lowest BCUT2D eigenvalue weighted by Gasteiger charge is -2.35. The van der Waals surface area contributed by atoms with Gasteiger partial charge in [-0.1, -0.05) is 6.92 Å². The van der Waals surface area contributed by atoms with Gasteiger partial charge in [-0.05, 0) is 44.8 Å². The smallest absolute Gasteiger partial charge is 0.486 e. The van der Waals surface area contributed by atoms with Crippen LogP contribution in [0.25, 0.3) is 0 Å². The molecule has 1 atom stereocenters. The van der Waals surface area contributed by atoms with Gasteiger partial charge in [0.25, 0.3) is 0 Å². The van der Waals surface area contributed by atoms with Crippen LogP contribution in [0.4, 0.5) is 4.39 Å². The molecule has 2 heterocycles. The fraction of sp³-hybridized carbons (Fsp3) is 0.632. The molecule has 1 unspecified atom stereocenters. The second-order valence-electron chi connectivity index (χ2n) is 7.58. The molecule has 5 nitrogen and oxygen atoms in total. The molecule has 1 aromatic carbocycles. The van der Waals surface area contributed by atoms with Gasteiger partial charge in [-0.2, -0.15) is 5.26 Å². The maximum atomic E-state index is 14.8. The third-order valence-corrected chi connectivity index (χ3v) is 5.63. The third-order valence-electron chi connectivity index (χ3n) is 5.63. The average Bonchev–Trinajstić information content (AvgIpc) is 2.87. The second-order valence-corrected chi connectivity index (χ2v) is 7.58. The summed E-state index contributed by atoms with van der Waals surface area (Å²) in [7, 11) is -0.714. The summed E-state index contributed by atoms with van der Waals surface area (Å²) in [6, 6.07) is 4.98. The van der Waals surface area contributed by atoms with Crippen molar-refractivity contribution >= 4 is 12.6 Å².